The highest BCUT2D eigenvalue weighted by molar-refractivity contribution is 7.80. The highest BCUT2D eigenvalue weighted by Crippen LogP contribution is 2.46. The number of ether oxygens (including phenoxy) is 2. The highest BCUT2D eigenvalue weighted by atomic mass is 32.1. The Labute approximate surface area is 212 Å². The van der Waals surface area contributed by atoms with Gasteiger partial charge in [0, 0.05) is 30.0 Å². The van der Waals surface area contributed by atoms with Crippen molar-refractivity contribution in [3.05, 3.63) is 101 Å². The lowest BCUT2D eigenvalue weighted by molar-refractivity contribution is -0.384. The van der Waals surface area contributed by atoms with Crippen LogP contribution in [0.1, 0.15) is 23.5 Å². The lowest BCUT2D eigenvalue weighted by atomic mass is 10.0. The van der Waals surface area contributed by atoms with Crippen LogP contribution in [0.3, 0.4) is 0 Å². The Bertz CT molecular complexity index is 1420. The van der Waals surface area contributed by atoms with Gasteiger partial charge < -0.3 is 24.1 Å². The Kier molecular flexibility index (Phi) is 6.26. The molecule has 2 atom stereocenters. The van der Waals surface area contributed by atoms with Gasteiger partial charge in [-0.05, 0) is 48.6 Å². The number of rotatable bonds is 7. The van der Waals surface area contributed by atoms with Crippen molar-refractivity contribution in [2.75, 3.05) is 19.1 Å². The van der Waals surface area contributed by atoms with E-state index in [0.717, 1.165) is 5.69 Å². The third kappa shape index (κ3) is 4.22. The van der Waals surface area contributed by atoms with Crippen LogP contribution in [-0.2, 0) is 0 Å². The number of thiocarbonyl (C=S) groups is 1. The van der Waals surface area contributed by atoms with E-state index in [1.165, 1.54) is 12.1 Å². The maximum Gasteiger partial charge on any atom is 0.270 e. The number of nitrogens with one attached hydrogen (secondary N) is 1. The maximum absolute atomic E-state index is 11.3. The van der Waals surface area contributed by atoms with Crippen LogP contribution in [0.5, 0.6) is 11.5 Å². The Morgan fingerprint density at radius 2 is 1.92 bits per heavy atom. The molecule has 10 heteroatoms. The molecule has 0 radical (unpaired) electrons. The molecule has 182 valence electrons. The van der Waals surface area contributed by atoms with E-state index in [9.17, 15) is 10.1 Å². The molecule has 1 fully saturated rings. The summed E-state index contributed by atoms with van der Waals surface area (Å²) in [7, 11) is 3.19. The number of nitro benzene ring substituents is 1. The van der Waals surface area contributed by atoms with E-state index in [0.29, 0.717) is 39.4 Å². The SMILES string of the molecule is COc1ccc(OC)c(N2C(=S)N[C@@H](c3ccccn3)[C@@H]2c2ccc(-c3cccc([N+](=O)[O-])c3)o2)c1. The number of hydrogen-bond donors (Lipinski definition) is 1. The Morgan fingerprint density at radius 1 is 1.06 bits per heavy atom. The summed E-state index contributed by atoms with van der Waals surface area (Å²) in [5.41, 5.74) is 2.07. The van der Waals surface area contributed by atoms with Crippen LogP contribution in [0.25, 0.3) is 11.3 Å². The number of hydrogen-bond acceptors (Lipinski definition) is 7. The van der Waals surface area contributed by atoms with E-state index in [-0.39, 0.29) is 11.7 Å². The zero-order valence-electron chi connectivity index (χ0n) is 19.5. The summed E-state index contributed by atoms with van der Waals surface area (Å²) in [6.45, 7) is 0. The van der Waals surface area contributed by atoms with Crippen LogP contribution >= 0.6 is 12.2 Å². The third-order valence-electron chi connectivity index (χ3n) is 6.00. The fourth-order valence-electron chi connectivity index (χ4n) is 4.33. The summed E-state index contributed by atoms with van der Waals surface area (Å²) in [5, 5.41) is 15.1. The number of nitro groups is 1. The Hall–Kier alpha value is -4.44. The van der Waals surface area contributed by atoms with Crippen molar-refractivity contribution in [2.45, 2.75) is 12.1 Å². The molecule has 0 aliphatic carbocycles. The zero-order valence-corrected chi connectivity index (χ0v) is 20.3. The van der Waals surface area contributed by atoms with Gasteiger partial charge in [0.1, 0.15) is 29.1 Å². The standard InChI is InChI=1S/C26H22N4O5S/c1-33-18-9-10-22(34-2)20(15-18)29-25(24(28-26(29)36)19-8-3-4-13-27-19)23-12-11-21(35-23)16-6-5-7-17(14-16)30(31)32/h3-15,24-25H,1-2H3,(H,28,36)/t24-,25-/m0/s1. The van der Waals surface area contributed by atoms with E-state index in [4.69, 9.17) is 26.1 Å². The number of aromatic nitrogens is 1. The predicted octanol–water partition coefficient (Wildman–Crippen LogP) is 5.44. The zero-order chi connectivity index (χ0) is 25.2. The van der Waals surface area contributed by atoms with Gasteiger partial charge in [-0.3, -0.25) is 15.1 Å². The van der Waals surface area contributed by atoms with Gasteiger partial charge in [0.25, 0.3) is 5.69 Å². The van der Waals surface area contributed by atoms with Crippen molar-refractivity contribution in [3.8, 4) is 22.8 Å². The van der Waals surface area contributed by atoms with Crippen molar-refractivity contribution < 1.29 is 18.8 Å². The second kappa shape index (κ2) is 9.67. The minimum absolute atomic E-state index is 0.0109. The molecule has 2 aromatic carbocycles. The van der Waals surface area contributed by atoms with Crippen LogP contribution in [0.15, 0.2) is 83.4 Å². The molecule has 4 aromatic rings. The van der Waals surface area contributed by atoms with Gasteiger partial charge in [-0.2, -0.15) is 0 Å². The van der Waals surface area contributed by atoms with Gasteiger partial charge in [0.15, 0.2) is 5.11 Å². The van der Waals surface area contributed by atoms with Crippen LogP contribution < -0.4 is 19.7 Å². The van der Waals surface area contributed by atoms with E-state index in [2.05, 4.69) is 10.3 Å². The lowest BCUT2D eigenvalue weighted by Crippen LogP contribution is -2.29. The molecule has 36 heavy (non-hydrogen) atoms. The second-order valence-corrected chi connectivity index (χ2v) is 8.43. The average Bonchev–Trinajstić information content (AvgIpc) is 3.53. The fraction of sp³-hybridized carbons (Fsp3) is 0.154. The minimum atomic E-state index is -0.430. The Morgan fingerprint density at radius 3 is 2.64 bits per heavy atom. The van der Waals surface area contributed by atoms with E-state index in [1.54, 1.807) is 38.6 Å². The molecular formula is C26H22N4O5S. The van der Waals surface area contributed by atoms with Crippen LogP contribution in [0.4, 0.5) is 11.4 Å². The molecule has 9 nitrogen and oxygen atoms in total. The summed E-state index contributed by atoms with van der Waals surface area (Å²) < 4.78 is 17.4. The molecule has 0 spiro atoms. The number of non-ortho nitro benzene ring substituents is 1. The molecule has 1 N–H and O–H groups in total. The average molecular weight is 503 g/mol. The summed E-state index contributed by atoms with van der Waals surface area (Å²) in [6.07, 6.45) is 1.72. The van der Waals surface area contributed by atoms with Crippen molar-refractivity contribution in [2.24, 2.45) is 0 Å². The quantitative estimate of drug-likeness (QED) is 0.201. The number of furan rings is 1. The molecule has 0 amide bonds. The molecule has 3 heterocycles. The topological polar surface area (TPSA) is 103 Å². The van der Waals surface area contributed by atoms with Gasteiger partial charge in [0.05, 0.1) is 36.6 Å². The van der Waals surface area contributed by atoms with Crippen molar-refractivity contribution in [1.82, 2.24) is 10.3 Å². The molecule has 0 saturated carbocycles. The van der Waals surface area contributed by atoms with Gasteiger partial charge in [-0.15, -0.1) is 0 Å². The number of pyridine rings is 1. The number of methoxy groups -OCH3 is 2. The normalized spacial score (nSPS) is 17.1. The first-order chi connectivity index (χ1) is 17.5. The molecule has 1 aliphatic heterocycles. The second-order valence-electron chi connectivity index (χ2n) is 8.04. The number of nitrogens with zero attached hydrogens (tertiary/aromatic N) is 3. The van der Waals surface area contributed by atoms with Gasteiger partial charge in [-0.25, -0.2) is 0 Å². The molecule has 5 rings (SSSR count). The highest BCUT2D eigenvalue weighted by Gasteiger charge is 2.43. The number of benzene rings is 2. The Balaban J connectivity index is 1.63. The van der Waals surface area contributed by atoms with Crippen molar-refractivity contribution in [1.29, 1.82) is 0 Å². The molecule has 2 aromatic heterocycles. The largest absolute Gasteiger partial charge is 0.497 e. The van der Waals surface area contributed by atoms with Gasteiger partial charge in [0.2, 0.25) is 0 Å². The summed E-state index contributed by atoms with van der Waals surface area (Å²) in [4.78, 5) is 17.3. The van der Waals surface area contributed by atoms with Crippen molar-refractivity contribution in [3.63, 3.8) is 0 Å². The van der Waals surface area contributed by atoms with Crippen LogP contribution in [0.2, 0.25) is 0 Å². The summed E-state index contributed by atoms with van der Waals surface area (Å²) >= 11 is 5.78. The van der Waals surface area contributed by atoms with E-state index in [1.807, 2.05) is 47.4 Å². The first-order valence-electron chi connectivity index (χ1n) is 11.1. The first kappa shape index (κ1) is 23.3. The fourth-order valence-corrected chi connectivity index (χ4v) is 4.67. The van der Waals surface area contributed by atoms with E-state index >= 15 is 0 Å². The molecule has 1 aliphatic rings. The van der Waals surface area contributed by atoms with Gasteiger partial charge in [-0.1, -0.05) is 18.2 Å². The van der Waals surface area contributed by atoms with E-state index < -0.39 is 11.0 Å². The minimum Gasteiger partial charge on any atom is -0.497 e. The first-order valence-corrected chi connectivity index (χ1v) is 11.5. The molecule has 0 bridgehead atoms. The molecular weight excluding hydrogens is 480 g/mol. The molecule has 1 saturated heterocycles. The van der Waals surface area contributed by atoms with Gasteiger partial charge >= 0.3 is 0 Å². The predicted molar refractivity (Wildman–Crippen MR) is 138 cm³/mol. The summed E-state index contributed by atoms with van der Waals surface area (Å²) in [5.74, 6) is 2.36. The maximum atomic E-state index is 11.3. The monoisotopic (exact) mass is 502 g/mol. The smallest absolute Gasteiger partial charge is 0.270 e. The van der Waals surface area contributed by atoms with Crippen LogP contribution in [0, 0.1) is 10.1 Å². The summed E-state index contributed by atoms with van der Waals surface area (Å²) in [6, 6.07) is 20.4. The third-order valence-corrected chi connectivity index (χ3v) is 6.32. The van der Waals surface area contributed by atoms with Crippen molar-refractivity contribution >= 4 is 28.7 Å². The van der Waals surface area contributed by atoms with Crippen LogP contribution in [-0.4, -0.2) is 29.2 Å². The number of anilines is 1. The molecule has 0 unspecified atom stereocenters. The lowest BCUT2D eigenvalue weighted by Gasteiger charge is -2.27.